The molecular weight excluding hydrogens is 303 g/mol. The Bertz CT molecular complexity index is 883. The molecule has 0 radical (unpaired) electrons. The number of aromatic nitrogens is 1. The zero-order chi connectivity index (χ0) is 16.8. The second-order valence-corrected chi connectivity index (χ2v) is 5.48. The van der Waals surface area contributed by atoms with E-state index in [1.165, 1.54) is 12.1 Å². The molecule has 24 heavy (non-hydrogen) atoms. The van der Waals surface area contributed by atoms with Crippen LogP contribution in [0.4, 0.5) is 4.39 Å². The Labute approximate surface area is 139 Å². The average molecular weight is 320 g/mol. The number of amides is 1. The highest BCUT2D eigenvalue weighted by atomic mass is 19.1. The van der Waals surface area contributed by atoms with Crippen LogP contribution in [-0.2, 0) is 17.8 Å². The Hall–Kier alpha value is -3.01. The molecule has 0 aliphatic rings. The van der Waals surface area contributed by atoms with Crippen molar-refractivity contribution >= 4 is 5.91 Å². The van der Waals surface area contributed by atoms with Gasteiger partial charge in [-0.1, -0.05) is 48.5 Å². The summed E-state index contributed by atoms with van der Waals surface area (Å²) in [4.78, 5) is 16.4. The van der Waals surface area contributed by atoms with Crippen LogP contribution in [0, 0.1) is 5.82 Å². The second-order valence-electron chi connectivity index (χ2n) is 5.48. The summed E-state index contributed by atoms with van der Waals surface area (Å²) in [5, 5.41) is 0. The largest absolute Gasteiger partial charge is 0.328 e. The van der Waals surface area contributed by atoms with Crippen LogP contribution >= 0.6 is 0 Å². The van der Waals surface area contributed by atoms with Crippen LogP contribution in [0.25, 0.3) is 0 Å². The SMILES string of the molecule is O=C(Cc1ccc(F)cc1)N=c1ccccn1Cc1ccccc1. The van der Waals surface area contributed by atoms with Gasteiger partial charge in [0.25, 0.3) is 5.91 Å². The maximum absolute atomic E-state index is 12.9. The standard InChI is InChI=1S/C20H17FN2O/c21-18-11-9-16(10-12-18)14-20(24)22-19-8-4-5-13-23(19)15-17-6-2-1-3-7-17/h1-13H,14-15H2. The molecule has 3 nitrogen and oxygen atoms in total. The van der Waals surface area contributed by atoms with Gasteiger partial charge in [0.2, 0.25) is 0 Å². The first kappa shape index (κ1) is 15.9. The van der Waals surface area contributed by atoms with E-state index in [1.807, 2.05) is 59.3 Å². The van der Waals surface area contributed by atoms with Crippen molar-refractivity contribution in [2.24, 2.45) is 4.99 Å². The fourth-order valence-corrected chi connectivity index (χ4v) is 2.43. The maximum atomic E-state index is 12.9. The first-order chi connectivity index (χ1) is 11.7. The number of nitrogens with zero attached hydrogens (tertiary/aromatic N) is 2. The first-order valence-electron chi connectivity index (χ1n) is 7.72. The molecule has 0 aliphatic carbocycles. The van der Waals surface area contributed by atoms with Gasteiger partial charge in [-0.3, -0.25) is 4.79 Å². The molecule has 1 amide bonds. The average Bonchev–Trinajstić information content (AvgIpc) is 2.60. The van der Waals surface area contributed by atoms with Gasteiger partial charge in [0.15, 0.2) is 0 Å². The number of benzene rings is 2. The van der Waals surface area contributed by atoms with Crippen LogP contribution in [0.5, 0.6) is 0 Å². The van der Waals surface area contributed by atoms with Gasteiger partial charge in [-0.25, -0.2) is 4.39 Å². The normalized spacial score (nSPS) is 11.5. The quantitative estimate of drug-likeness (QED) is 0.726. The lowest BCUT2D eigenvalue weighted by Crippen LogP contribution is -2.22. The lowest BCUT2D eigenvalue weighted by atomic mass is 10.1. The summed E-state index contributed by atoms with van der Waals surface area (Å²) in [5.74, 6) is -0.568. The number of hydrogen-bond acceptors (Lipinski definition) is 1. The zero-order valence-electron chi connectivity index (χ0n) is 13.1. The first-order valence-corrected chi connectivity index (χ1v) is 7.72. The lowest BCUT2D eigenvalue weighted by molar-refractivity contribution is -0.117. The van der Waals surface area contributed by atoms with Crippen LogP contribution in [0.15, 0.2) is 84.0 Å². The number of carbonyl (C=O) groups is 1. The maximum Gasteiger partial charge on any atom is 0.252 e. The van der Waals surface area contributed by atoms with Crippen molar-refractivity contribution in [2.75, 3.05) is 0 Å². The highest BCUT2D eigenvalue weighted by molar-refractivity contribution is 5.79. The molecule has 1 heterocycles. The summed E-state index contributed by atoms with van der Waals surface area (Å²) in [6.07, 6.45) is 2.05. The van der Waals surface area contributed by atoms with Gasteiger partial charge in [0.05, 0.1) is 6.42 Å². The summed E-state index contributed by atoms with van der Waals surface area (Å²) < 4.78 is 14.8. The molecule has 0 saturated carbocycles. The van der Waals surface area contributed by atoms with E-state index in [0.29, 0.717) is 12.0 Å². The molecule has 0 saturated heterocycles. The third kappa shape index (κ3) is 4.26. The minimum atomic E-state index is -0.313. The van der Waals surface area contributed by atoms with Crippen LogP contribution in [0.2, 0.25) is 0 Å². The highest BCUT2D eigenvalue weighted by Gasteiger charge is 2.03. The molecule has 0 N–H and O–H groups in total. The molecule has 3 rings (SSSR count). The van der Waals surface area contributed by atoms with Crippen molar-refractivity contribution in [1.82, 2.24) is 4.57 Å². The number of rotatable bonds is 4. The molecule has 2 aromatic carbocycles. The molecule has 0 bridgehead atoms. The molecule has 0 atom stereocenters. The van der Waals surface area contributed by atoms with Gasteiger partial charge < -0.3 is 4.57 Å². The lowest BCUT2D eigenvalue weighted by Gasteiger charge is -2.07. The van der Waals surface area contributed by atoms with E-state index in [0.717, 1.165) is 11.1 Å². The highest BCUT2D eigenvalue weighted by Crippen LogP contribution is 2.04. The summed E-state index contributed by atoms with van der Waals surface area (Å²) in [6.45, 7) is 0.643. The summed E-state index contributed by atoms with van der Waals surface area (Å²) >= 11 is 0. The smallest absolute Gasteiger partial charge is 0.252 e. The minimum absolute atomic E-state index is 0.153. The van der Waals surface area contributed by atoms with Gasteiger partial charge in [0.1, 0.15) is 11.3 Å². The van der Waals surface area contributed by atoms with Crippen LogP contribution in [-0.4, -0.2) is 10.5 Å². The van der Waals surface area contributed by atoms with Crippen molar-refractivity contribution < 1.29 is 9.18 Å². The number of halogens is 1. The van der Waals surface area contributed by atoms with E-state index in [9.17, 15) is 9.18 Å². The Kier molecular flexibility index (Phi) is 4.96. The molecule has 120 valence electrons. The van der Waals surface area contributed by atoms with Crippen LogP contribution in [0.3, 0.4) is 0 Å². The molecule has 0 aliphatic heterocycles. The van der Waals surface area contributed by atoms with E-state index in [4.69, 9.17) is 0 Å². The van der Waals surface area contributed by atoms with Gasteiger partial charge >= 0.3 is 0 Å². The van der Waals surface area contributed by atoms with Gasteiger partial charge in [-0.05, 0) is 35.4 Å². The fourth-order valence-electron chi connectivity index (χ4n) is 2.43. The van der Waals surface area contributed by atoms with Gasteiger partial charge in [-0.2, -0.15) is 4.99 Å². The Morgan fingerprint density at radius 3 is 2.33 bits per heavy atom. The third-order valence-electron chi connectivity index (χ3n) is 3.62. The minimum Gasteiger partial charge on any atom is -0.328 e. The van der Waals surface area contributed by atoms with Gasteiger partial charge in [-0.15, -0.1) is 0 Å². The second kappa shape index (κ2) is 7.51. The van der Waals surface area contributed by atoms with E-state index in [-0.39, 0.29) is 18.1 Å². The van der Waals surface area contributed by atoms with E-state index < -0.39 is 0 Å². The van der Waals surface area contributed by atoms with Crippen LogP contribution < -0.4 is 5.49 Å². The van der Waals surface area contributed by atoms with Crippen LogP contribution in [0.1, 0.15) is 11.1 Å². The van der Waals surface area contributed by atoms with Crippen molar-refractivity contribution in [2.45, 2.75) is 13.0 Å². The van der Waals surface area contributed by atoms with E-state index in [1.54, 1.807) is 12.1 Å². The third-order valence-corrected chi connectivity index (χ3v) is 3.62. The molecule has 0 spiro atoms. The van der Waals surface area contributed by atoms with Crippen molar-refractivity contribution in [3.63, 3.8) is 0 Å². The predicted octanol–water partition coefficient (Wildman–Crippen LogP) is 3.35. The monoisotopic (exact) mass is 320 g/mol. The number of pyridine rings is 1. The molecule has 1 aromatic heterocycles. The van der Waals surface area contributed by atoms with E-state index in [2.05, 4.69) is 4.99 Å². The number of hydrogen-bond donors (Lipinski definition) is 0. The molecule has 0 fully saturated rings. The Balaban J connectivity index is 1.81. The molecule has 4 heteroatoms. The molecule has 3 aromatic rings. The van der Waals surface area contributed by atoms with Crippen molar-refractivity contribution in [3.8, 4) is 0 Å². The molecular formula is C20H17FN2O. The topological polar surface area (TPSA) is 34.4 Å². The number of carbonyl (C=O) groups excluding carboxylic acids is 1. The summed E-state index contributed by atoms with van der Waals surface area (Å²) in [6, 6.07) is 21.5. The van der Waals surface area contributed by atoms with Crippen molar-refractivity contribution in [1.29, 1.82) is 0 Å². The van der Waals surface area contributed by atoms with E-state index >= 15 is 0 Å². The Morgan fingerprint density at radius 1 is 0.875 bits per heavy atom. The zero-order valence-corrected chi connectivity index (χ0v) is 13.1. The predicted molar refractivity (Wildman–Crippen MR) is 90.7 cm³/mol. The summed E-state index contributed by atoms with van der Waals surface area (Å²) in [7, 11) is 0. The summed E-state index contributed by atoms with van der Waals surface area (Å²) in [5.41, 5.74) is 2.49. The van der Waals surface area contributed by atoms with Gasteiger partial charge in [0, 0.05) is 12.7 Å². The van der Waals surface area contributed by atoms with Crippen molar-refractivity contribution in [3.05, 3.63) is 101 Å². The Morgan fingerprint density at radius 2 is 1.58 bits per heavy atom. The molecule has 0 unspecified atom stereocenters. The fraction of sp³-hybridized carbons (Fsp3) is 0.100.